The SMILES string of the molecule is Cc1c(-c2ccc(Cl)cc2)c(C(=O)N(C)C2CC2)n(C2CC2)c1C(F)(F)F. The molecular formula is C20H20ClF3N2O. The van der Waals surface area contributed by atoms with Crippen molar-refractivity contribution in [2.45, 2.75) is 50.9 Å². The smallest absolute Gasteiger partial charge is 0.337 e. The number of hydrogen-bond acceptors (Lipinski definition) is 1. The molecule has 3 nitrogen and oxygen atoms in total. The van der Waals surface area contributed by atoms with Crippen LogP contribution in [-0.4, -0.2) is 28.5 Å². The first-order valence-corrected chi connectivity index (χ1v) is 9.43. The summed E-state index contributed by atoms with van der Waals surface area (Å²) >= 11 is 5.95. The number of rotatable bonds is 4. The quantitative estimate of drug-likeness (QED) is 0.650. The van der Waals surface area contributed by atoms with Gasteiger partial charge in [0.1, 0.15) is 11.4 Å². The number of halogens is 4. The fraction of sp³-hybridized carbons (Fsp3) is 0.450. The molecule has 2 saturated carbocycles. The van der Waals surface area contributed by atoms with Crippen molar-refractivity contribution in [1.29, 1.82) is 0 Å². The molecule has 1 amide bonds. The molecule has 0 saturated heterocycles. The van der Waals surface area contributed by atoms with E-state index in [-0.39, 0.29) is 29.2 Å². The van der Waals surface area contributed by atoms with Crippen molar-refractivity contribution in [3.8, 4) is 11.1 Å². The lowest BCUT2D eigenvalue weighted by Crippen LogP contribution is -2.31. The van der Waals surface area contributed by atoms with Gasteiger partial charge in [-0.05, 0) is 55.9 Å². The summed E-state index contributed by atoms with van der Waals surface area (Å²) in [5.74, 6) is -0.340. The Morgan fingerprint density at radius 3 is 2.22 bits per heavy atom. The van der Waals surface area contributed by atoms with E-state index >= 15 is 0 Å². The van der Waals surface area contributed by atoms with Crippen molar-refractivity contribution in [1.82, 2.24) is 9.47 Å². The molecule has 4 rings (SSSR count). The average Bonchev–Trinajstić information content (AvgIpc) is 3.50. The first kappa shape index (κ1) is 18.4. The van der Waals surface area contributed by atoms with Crippen LogP contribution in [0.15, 0.2) is 24.3 Å². The van der Waals surface area contributed by atoms with E-state index in [0.29, 0.717) is 29.0 Å². The molecule has 7 heteroatoms. The van der Waals surface area contributed by atoms with E-state index in [2.05, 4.69) is 0 Å². The van der Waals surface area contributed by atoms with Gasteiger partial charge in [0.05, 0.1) is 0 Å². The van der Waals surface area contributed by atoms with Crippen LogP contribution in [0.1, 0.15) is 53.5 Å². The molecule has 2 fully saturated rings. The van der Waals surface area contributed by atoms with Gasteiger partial charge in [-0.1, -0.05) is 23.7 Å². The summed E-state index contributed by atoms with van der Waals surface area (Å²) in [5.41, 5.74) is 0.489. The van der Waals surface area contributed by atoms with E-state index in [1.807, 2.05) is 0 Å². The molecule has 27 heavy (non-hydrogen) atoms. The highest BCUT2D eigenvalue weighted by molar-refractivity contribution is 6.30. The van der Waals surface area contributed by atoms with Crippen LogP contribution in [0.2, 0.25) is 5.02 Å². The van der Waals surface area contributed by atoms with Crippen molar-refractivity contribution in [3.05, 3.63) is 46.2 Å². The van der Waals surface area contributed by atoms with Crippen LogP contribution in [0, 0.1) is 6.92 Å². The second-order valence-electron chi connectivity index (χ2n) is 7.45. The normalized spacial score (nSPS) is 17.3. The lowest BCUT2D eigenvalue weighted by molar-refractivity contribution is -0.144. The highest BCUT2D eigenvalue weighted by Crippen LogP contribution is 2.48. The predicted octanol–water partition coefficient (Wildman–Crippen LogP) is 5.71. The number of aromatic nitrogens is 1. The largest absolute Gasteiger partial charge is 0.431 e. The fourth-order valence-electron chi connectivity index (χ4n) is 3.73. The minimum Gasteiger partial charge on any atom is -0.337 e. The van der Waals surface area contributed by atoms with Gasteiger partial charge in [0.2, 0.25) is 0 Å². The third-order valence-corrected chi connectivity index (χ3v) is 5.63. The second-order valence-corrected chi connectivity index (χ2v) is 7.89. The van der Waals surface area contributed by atoms with Gasteiger partial charge < -0.3 is 9.47 Å². The number of carbonyl (C=O) groups is 1. The summed E-state index contributed by atoms with van der Waals surface area (Å²) in [6, 6.07) is 6.47. The Morgan fingerprint density at radius 2 is 1.74 bits per heavy atom. The molecule has 1 aromatic carbocycles. The number of hydrogen-bond donors (Lipinski definition) is 0. The Hall–Kier alpha value is -1.95. The van der Waals surface area contributed by atoms with Crippen LogP contribution in [0.5, 0.6) is 0 Å². The molecule has 1 heterocycles. The minimum atomic E-state index is -4.52. The van der Waals surface area contributed by atoms with Crippen LogP contribution < -0.4 is 0 Å². The highest BCUT2D eigenvalue weighted by atomic mass is 35.5. The van der Waals surface area contributed by atoms with Gasteiger partial charge >= 0.3 is 6.18 Å². The summed E-state index contributed by atoms with van der Waals surface area (Å²) in [7, 11) is 1.68. The zero-order valence-corrected chi connectivity index (χ0v) is 15.9. The van der Waals surface area contributed by atoms with Gasteiger partial charge in [0, 0.05) is 29.7 Å². The van der Waals surface area contributed by atoms with Gasteiger partial charge in [-0.2, -0.15) is 13.2 Å². The van der Waals surface area contributed by atoms with Crippen molar-refractivity contribution in [2.75, 3.05) is 7.05 Å². The Labute approximate surface area is 160 Å². The minimum absolute atomic E-state index is 0.101. The maximum Gasteiger partial charge on any atom is 0.431 e. The standard InChI is InChI=1S/C20H20ClF3N2O/c1-11-16(12-3-5-13(21)6-4-12)17(19(27)25(2)14-7-8-14)26(15-9-10-15)18(11)20(22,23)24/h3-6,14-15H,7-10H2,1-2H3. The Balaban J connectivity index is 1.98. The molecule has 0 atom stereocenters. The first-order chi connectivity index (χ1) is 12.7. The lowest BCUT2D eigenvalue weighted by atomic mass is 10.00. The summed E-state index contributed by atoms with van der Waals surface area (Å²) in [6.45, 7) is 1.46. The number of nitrogens with zero attached hydrogens (tertiary/aromatic N) is 2. The molecule has 2 aromatic rings. The Morgan fingerprint density at radius 1 is 1.15 bits per heavy atom. The third-order valence-electron chi connectivity index (χ3n) is 5.38. The Bertz CT molecular complexity index is 893. The van der Waals surface area contributed by atoms with E-state index in [1.54, 1.807) is 36.2 Å². The van der Waals surface area contributed by atoms with Gasteiger partial charge in [-0.3, -0.25) is 4.79 Å². The number of benzene rings is 1. The summed E-state index contributed by atoms with van der Waals surface area (Å²) in [4.78, 5) is 14.8. The maximum absolute atomic E-state index is 13.9. The van der Waals surface area contributed by atoms with Crippen LogP contribution >= 0.6 is 11.6 Å². The number of carbonyl (C=O) groups excluding carboxylic acids is 1. The van der Waals surface area contributed by atoms with E-state index in [1.165, 1.54) is 11.5 Å². The van der Waals surface area contributed by atoms with Crippen molar-refractivity contribution < 1.29 is 18.0 Å². The van der Waals surface area contributed by atoms with Gasteiger partial charge in [-0.25, -0.2) is 0 Å². The molecule has 0 radical (unpaired) electrons. The summed E-state index contributed by atoms with van der Waals surface area (Å²) in [5, 5.41) is 0.497. The van der Waals surface area contributed by atoms with E-state index < -0.39 is 11.9 Å². The summed E-state index contributed by atoms with van der Waals surface area (Å²) in [6.07, 6.45) is -1.42. The van der Waals surface area contributed by atoms with E-state index in [9.17, 15) is 18.0 Å². The summed E-state index contributed by atoms with van der Waals surface area (Å²) < 4.78 is 43.1. The number of amides is 1. The van der Waals surface area contributed by atoms with Crippen LogP contribution in [-0.2, 0) is 6.18 Å². The van der Waals surface area contributed by atoms with E-state index in [0.717, 1.165) is 12.8 Å². The van der Waals surface area contributed by atoms with E-state index in [4.69, 9.17) is 11.6 Å². The van der Waals surface area contributed by atoms with Crippen LogP contribution in [0.4, 0.5) is 13.2 Å². The maximum atomic E-state index is 13.9. The third kappa shape index (κ3) is 3.24. The molecule has 2 aliphatic rings. The Kier molecular flexibility index (Phi) is 4.29. The molecule has 1 aromatic heterocycles. The average molecular weight is 397 g/mol. The van der Waals surface area contributed by atoms with Crippen molar-refractivity contribution >= 4 is 17.5 Å². The molecular weight excluding hydrogens is 377 g/mol. The zero-order valence-electron chi connectivity index (χ0n) is 15.1. The molecule has 0 aliphatic heterocycles. The van der Waals surface area contributed by atoms with Crippen molar-refractivity contribution in [2.24, 2.45) is 0 Å². The van der Waals surface area contributed by atoms with Gasteiger partial charge in [0.25, 0.3) is 5.91 Å². The highest BCUT2D eigenvalue weighted by Gasteiger charge is 2.46. The fourth-order valence-corrected chi connectivity index (χ4v) is 3.86. The predicted molar refractivity (Wildman–Crippen MR) is 98.0 cm³/mol. The van der Waals surface area contributed by atoms with Crippen LogP contribution in [0.25, 0.3) is 11.1 Å². The lowest BCUT2D eigenvalue weighted by Gasteiger charge is -2.20. The molecule has 144 valence electrons. The van der Waals surface area contributed by atoms with Gasteiger partial charge in [0.15, 0.2) is 0 Å². The van der Waals surface area contributed by atoms with Crippen molar-refractivity contribution in [3.63, 3.8) is 0 Å². The second kappa shape index (κ2) is 6.30. The monoisotopic (exact) mass is 396 g/mol. The molecule has 0 spiro atoms. The van der Waals surface area contributed by atoms with Gasteiger partial charge in [-0.15, -0.1) is 0 Å². The molecule has 0 unspecified atom stereocenters. The zero-order chi connectivity index (χ0) is 19.5. The molecule has 2 aliphatic carbocycles. The van der Waals surface area contributed by atoms with Crippen LogP contribution in [0.3, 0.4) is 0 Å². The molecule has 0 bridgehead atoms. The molecule has 0 N–H and O–H groups in total. The topological polar surface area (TPSA) is 25.2 Å². The number of alkyl halides is 3. The first-order valence-electron chi connectivity index (χ1n) is 9.05.